The molecule has 0 amide bonds. The lowest BCUT2D eigenvalue weighted by Gasteiger charge is -2.63. The van der Waals surface area contributed by atoms with Gasteiger partial charge in [0.2, 0.25) is 0 Å². The normalized spacial score (nSPS) is 53.6. The molecule has 0 bridgehead atoms. The van der Waals surface area contributed by atoms with E-state index in [-0.39, 0.29) is 47.8 Å². The van der Waals surface area contributed by atoms with Gasteiger partial charge in [-0.1, -0.05) is 13.8 Å². The van der Waals surface area contributed by atoms with Crippen molar-refractivity contribution < 1.29 is 39.4 Å². The summed E-state index contributed by atoms with van der Waals surface area (Å²) in [7, 11) is 0. The van der Waals surface area contributed by atoms with Gasteiger partial charge in [-0.05, 0) is 92.4 Å². The van der Waals surface area contributed by atoms with E-state index >= 15 is 0 Å². The zero-order chi connectivity index (χ0) is 26.2. The quantitative estimate of drug-likeness (QED) is 0.417. The molecule has 1 saturated heterocycles. The van der Waals surface area contributed by atoms with Crippen molar-refractivity contribution >= 4 is 5.97 Å². The first-order chi connectivity index (χ1) is 17.5. The van der Waals surface area contributed by atoms with E-state index in [2.05, 4.69) is 13.8 Å². The van der Waals surface area contributed by atoms with Gasteiger partial charge in [-0.3, -0.25) is 0 Å². The second kappa shape index (κ2) is 9.27. The van der Waals surface area contributed by atoms with Crippen molar-refractivity contribution in [3.05, 3.63) is 11.6 Å². The molecule has 4 aliphatic carbocycles. The van der Waals surface area contributed by atoms with Gasteiger partial charge in [0.05, 0.1) is 24.4 Å². The summed E-state index contributed by atoms with van der Waals surface area (Å²) in [5.74, 6) is 1.26. The van der Waals surface area contributed by atoms with Gasteiger partial charge in [-0.15, -0.1) is 0 Å². The fraction of sp³-hybridized carbons (Fsp3) is 0.897. The Morgan fingerprint density at radius 3 is 2.57 bits per heavy atom. The van der Waals surface area contributed by atoms with Crippen LogP contribution in [0.2, 0.25) is 0 Å². The molecule has 5 fully saturated rings. The van der Waals surface area contributed by atoms with Gasteiger partial charge in [0.1, 0.15) is 18.8 Å². The van der Waals surface area contributed by atoms with Crippen LogP contribution in [-0.2, 0) is 19.0 Å². The fourth-order valence-corrected chi connectivity index (χ4v) is 9.82. The average Bonchev–Trinajstić information content (AvgIpc) is 3.40. The lowest BCUT2D eigenvalue weighted by Crippen LogP contribution is -2.62. The molecular formula is C29H44O8. The van der Waals surface area contributed by atoms with E-state index in [1.807, 2.05) is 0 Å². The Labute approximate surface area is 219 Å². The summed E-state index contributed by atoms with van der Waals surface area (Å²) in [5, 5.41) is 42.4. The molecule has 8 nitrogen and oxygen atoms in total. The standard InChI is InChI=1S/C29H44O8/c1-27-8-5-18(35-15-23-26(33)22(30)13-25(32)37-23)12-17(27)3-4-21-20(27)6-9-28(2)19(7-10-29(21,28)34)16-11-24(31)36-14-16/h11,17-23,25-26,30,32-34H,3-10,12-15H2,1-2H3. The molecule has 6 aliphatic rings. The maximum atomic E-state index is 12.4. The minimum absolute atomic E-state index is 0.0136. The first kappa shape index (κ1) is 26.2. The van der Waals surface area contributed by atoms with Crippen LogP contribution in [0.5, 0.6) is 0 Å². The molecule has 6 rings (SSSR count). The third-order valence-corrected chi connectivity index (χ3v) is 12.0. The number of carbonyl (C=O) groups excluding carboxylic acids is 1. The lowest BCUT2D eigenvalue weighted by atomic mass is 9.43. The predicted molar refractivity (Wildman–Crippen MR) is 133 cm³/mol. The number of rotatable bonds is 4. The second-order valence-corrected chi connectivity index (χ2v) is 13.4. The Hall–Kier alpha value is -1.03. The summed E-state index contributed by atoms with van der Waals surface area (Å²) in [6.45, 7) is 5.25. The summed E-state index contributed by atoms with van der Waals surface area (Å²) in [5.41, 5.74) is 0.320. The molecule has 12 unspecified atom stereocenters. The molecule has 208 valence electrons. The smallest absolute Gasteiger partial charge is 0.331 e. The van der Waals surface area contributed by atoms with Crippen molar-refractivity contribution in [3.8, 4) is 0 Å². The Morgan fingerprint density at radius 1 is 1.00 bits per heavy atom. The number of ether oxygens (including phenoxy) is 3. The van der Waals surface area contributed by atoms with E-state index in [0.717, 1.165) is 63.4 Å². The average molecular weight is 521 g/mol. The number of hydrogen-bond acceptors (Lipinski definition) is 8. The molecule has 2 heterocycles. The van der Waals surface area contributed by atoms with Crippen LogP contribution in [0.1, 0.15) is 78.1 Å². The Morgan fingerprint density at radius 2 is 1.81 bits per heavy atom. The predicted octanol–water partition coefficient (Wildman–Crippen LogP) is 2.46. The topological polar surface area (TPSA) is 126 Å². The zero-order valence-corrected chi connectivity index (χ0v) is 22.2. The van der Waals surface area contributed by atoms with Crippen LogP contribution in [0.15, 0.2) is 11.6 Å². The summed E-state index contributed by atoms with van der Waals surface area (Å²) in [4.78, 5) is 11.8. The number of esters is 1. The molecule has 4 saturated carbocycles. The van der Waals surface area contributed by atoms with E-state index in [9.17, 15) is 25.2 Å². The number of cyclic esters (lactones) is 1. The highest BCUT2D eigenvalue weighted by atomic mass is 16.6. The van der Waals surface area contributed by atoms with Crippen LogP contribution in [-0.4, -0.2) is 75.9 Å². The van der Waals surface area contributed by atoms with Crippen molar-refractivity contribution in [2.24, 2.45) is 34.5 Å². The maximum Gasteiger partial charge on any atom is 0.331 e. The van der Waals surface area contributed by atoms with Crippen molar-refractivity contribution in [1.82, 2.24) is 0 Å². The van der Waals surface area contributed by atoms with E-state index in [0.29, 0.717) is 18.4 Å². The van der Waals surface area contributed by atoms with E-state index in [4.69, 9.17) is 14.2 Å². The minimum Gasteiger partial charge on any atom is -0.458 e. The molecule has 4 N–H and O–H groups in total. The zero-order valence-electron chi connectivity index (χ0n) is 22.2. The Bertz CT molecular complexity index is 937. The van der Waals surface area contributed by atoms with Crippen molar-refractivity contribution in [1.29, 1.82) is 0 Å². The number of fused-ring (bicyclic) bond motifs is 5. The van der Waals surface area contributed by atoms with Crippen molar-refractivity contribution in [3.63, 3.8) is 0 Å². The SMILES string of the molecule is CC12CCC(OCC3OC(O)CC(O)C3O)CC1CCC1C2CCC2(C)C(C3=CC(=O)OC3)CCC12O. The maximum absolute atomic E-state index is 12.4. The summed E-state index contributed by atoms with van der Waals surface area (Å²) >= 11 is 0. The lowest BCUT2D eigenvalue weighted by molar-refractivity contribution is -0.249. The third kappa shape index (κ3) is 4.04. The van der Waals surface area contributed by atoms with Crippen molar-refractivity contribution in [2.75, 3.05) is 13.2 Å². The fourth-order valence-electron chi connectivity index (χ4n) is 9.82. The summed E-state index contributed by atoms with van der Waals surface area (Å²) in [6.07, 6.45) is 6.74. The summed E-state index contributed by atoms with van der Waals surface area (Å²) in [6, 6.07) is 0. The van der Waals surface area contributed by atoms with Gasteiger partial charge in [-0.25, -0.2) is 4.79 Å². The van der Waals surface area contributed by atoms with Gasteiger partial charge in [-0.2, -0.15) is 0 Å². The molecular weight excluding hydrogens is 476 g/mol. The molecule has 12 atom stereocenters. The third-order valence-electron chi connectivity index (χ3n) is 12.0. The number of aliphatic hydroxyl groups is 4. The molecule has 0 aromatic carbocycles. The van der Waals surface area contributed by atoms with Gasteiger partial charge in [0.25, 0.3) is 0 Å². The van der Waals surface area contributed by atoms with Crippen LogP contribution in [0, 0.1) is 34.5 Å². The molecule has 8 heteroatoms. The number of aliphatic hydroxyl groups excluding tert-OH is 3. The number of carbonyl (C=O) groups is 1. The largest absolute Gasteiger partial charge is 0.458 e. The second-order valence-electron chi connectivity index (χ2n) is 13.4. The molecule has 0 aromatic rings. The van der Waals surface area contributed by atoms with Crippen LogP contribution in [0.4, 0.5) is 0 Å². The van der Waals surface area contributed by atoms with Gasteiger partial charge in [0.15, 0.2) is 6.29 Å². The highest BCUT2D eigenvalue weighted by Gasteiger charge is 2.67. The van der Waals surface area contributed by atoms with Crippen LogP contribution in [0.3, 0.4) is 0 Å². The van der Waals surface area contributed by atoms with Crippen molar-refractivity contribution in [2.45, 2.75) is 114 Å². The van der Waals surface area contributed by atoms with Crippen LogP contribution < -0.4 is 0 Å². The van der Waals surface area contributed by atoms with E-state index < -0.39 is 30.2 Å². The Kier molecular flexibility index (Phi) is 6.57. The van der Waals surface area contributed by atoms with Gasteiger partial charge >= 0.3 is 5.97 Å². The van der Waals surface area contributed by atoms with Crippen LogP contribution in [0.25, 0.3) is 0 Å². The highest BCUT2D eigenvalue weighted by Crippen LogP contribution is 2.70. The van der Waals surface area contributed by atoms with E-state index in [1.165, 1.54) is 0 Å². The molecule has 37 heavy (non-hydrogen) atoms. The molecule has 0 aromatic heterocycles. The first-order valence-corrected chi connectivity index (χ1v) is 14.5. The molecule has 0 spiro atoms. The van der Waals surface area contributed by atoms with Gasteiger partial charge in [0, 0.05) is 17.9 Å². The molecule has 2 aliphatic heterocycles. The van der Waals surface area contributed by atoms with Crippen LogP contribution >= 0.6 is 0 Å². The minimum atomic E-state index is -1.08. The van der Waals surface area contributed by atoms with E-state index in [1.54, 1.807) is 6.08 Å². The van der Waals surface area contributed by atoms with Gasteiger partial charge < -0.3 is 34.6 Å². The monoisotopic (exact) mass is 520 g/mol. The first-order valence-electron chi connectivity index (χ1n) is 14.5. The number of hydrogen-bond donors (Lipinski definition) is 4. The summed E-state index contributed by atoms with van der Waals surface area (Å²) < 4.78 is 16.9. The highest BCUT2D eigenvalue weighted by molar-refractivity contribution is 5.85. The Balaban J connectivity index is 1.13. The molecule has 0 radical (unpaired) electrons.